The lowest BCUT2D eigenvalue weighted by molar-refractivity contribution is 0.602. The maximum absolute atomic E-state index is 11.4. The van der Waals surface area contributed by atoms with Gasteiger partial charge in [0, 0.05) is 30.8 Å². The molecule has 1 saturated carbocycles. The molecular formula is C14H17N3O2S2. The Morgan fingerprint density at radius 2 is 1.95 bits per heavy atom. The van der Waals surface area contributed by atoms with Crippen molar-refractivity contribution in [3.63, 3.8) is 0 Å². The molecule has 1 aliphatic rings. The first kappa shape index (κ1) is 14.6. The van der Waals surface area contributed by atoms with Gasteiger partial charge in [0.15, 0.2) is 9.84 Å². The van der Waals surface area contributed by atoms with E-state index in [1.54, 1.807) is 35.6 Å². The van der Waals surface area contributed by atoms with Crippen molar-refractivity contribution in [3.8, 4) is 10.6 Å². The second-order valence-corrected chi connectivity index (χ2v) is 8.35. The zero-order valence-corrected chi connectivity index (χ0v) is 13.4. The number of nitrogens with zero attached hydrogens (tertiary/aromatic N) is 2. The number of aromatic nitrogens is 2. The standard InChI is InChI=1S/C14H17N3O2S2/c1-21(18,19)12-6-2-10(3-7-12)14-17-16-13(20-14)8-9-15-11-4-5-11/h2-3,6-7,11,15H,4-5,8-9H2,1H3. The molecule has 21 heavy (non-hydrogen) atoms. The summed E-state index contributed by atoms with van der Waals surface area (Å²) in [5, 5.41) is 13.7. The Morgan fingerprint density at radius 1 is 1.24 bits per heavy atom. The Balaban J connectivity index is 1.67. The molecule has 0 amide bonds. The first-order valence-corrected chi connectivity index (χ1v) is 9.59. The van der Waals surface area contributed by atoms with Crippen LogP contribution in [-0.4, -0.2) is 37.5 Å². The quantitative estimate of drug-likeness (QED) is 0.879. The molecule has 1 fully saturated rings. The minimum absolute atomic E-state index is 0.324. The van der Waals surface area contributed by atoms with Gasteiger partial charge in [0.1, 0.15) is 10.0 Å². The maximum Gasteiger partial charge on any atom is 0.175 e. The summed E-state index contributed by atoms with van der Waals surface area (Å²) < 4.78 is 22.9. The molecule has 1 heterocycles. The van der Waals surface area contributed by atoms with E-state index in [-0.39, 0.29) is 0 Å². The fourth-order valence-corrected chi connectivity index (χ4v) is 3.46. The van der Waals surface area contributed by atoms with Gasteiger partial charge in [-0.05, 0) is 25.0 Å². The van der Waals surface area contributed by atoms with Crippen molar-refractivity contribution in [1.29, 1.82) is 0 Å². The lowest BCUT2D eigenvalue weighted by atomic mass is 10.2. The molecule has 0 spiro atoms. The summed E-state index contributed by atoms with van der Waals surface area (Å²) in [7, 11) is -3.15. The smallest absolute Gasteiger partial charge is 0.175 e. The van der Waals surface area contributed by atoms with Gasteiger partial charge in [-0.1, -0.05) is 23.5 Å². The highest BCUT2D eigenvalue weighted by atomic mass is 32.2. The van der Waals surface area contributed by atoms with Gasteiger partial charge in [-0.25, -0.2) is 8.42 Å². The van der Waals surface area contributed by atoms with Gasteiger partial charge in [0.2, 0.25) is 0 Å². The van der Waals surface area contributed by atoms with Crippen molar-refractivity contribution in [1.82, 2.24) is 15.5 Å². The normalized spacial score (nSPS) is 15.3. The summed E-state index contributed by atoms with van der Waals surface area (Å²) in [6.07, 6.45) is 4.66. The summed E-state index contributed by atoms with van der Waals surface area (Å²) in [5.74, 6) is 0. The zero-order valence-electron chi connectivity index (χ0n) is 11.7. The molecule has 0 bridgehead atoms. The highest BCUT2D eigenvalue weighted by Crippen LogP contribution is 2.25. The number of sulfone groups is 1. The number of benzene rings is 1. The van der Waals surface area contributed by atoms with Crippen LogP contribution in [0.3, 0.4) is 0 Å². The monoisotopic (exact) mass is 323 g/mol. The Bertz CT molecular complexity index is 719. The first-order valence-electron chi connectivity index (χ1n) is 6.88. The molecular weight excluding hydrogens is 306 g/mol. The van der Waals surface area contributed by atoms with Crippen molar-refractivity contribution < 1.29 is 8.42 Å². The zero-order chi connectivity index (χ0) is 14.9. The lowest BCUT2D eigenvalue weighted by Crippen LogP contribution is -2.19. The SMILES string of the molecule is CS(=O)(=O)c1ccc(-c2nnc(CCNC3CC3)s2)cc1. The molecule has 0 atom stereocenters. The highest BCUT2D eigenvalue weighted by Gasteiger charge is 2.20. The average molecular weight is 323 g/mol. The van der Waals surface area contributed by atoms with Crippen molar-refractivity contribution in [2.45, 2.75) is 30.2 Å². The predicted octanol–water partition coefficient (Wildman–Crippen LogP) is 1.90. The van der Waals surface area contributed by atoms with E-state index >= 15 is 0 Å². The minimum atomic E-state index is -3.15. The molecule has 0 unspecified atom stereocenters. The van der Waals surface area contributed by atoms with Crippen LogP contribution in [0.4, 0.5) is 0 Å². The number of hydrogen-bond acceptors (Lipinski definition) is 6. The van der Waals surface area contributed by atoms with E-state index in [1.807, 2.05) is 0 Å². The fourth-order valence-electron chi connectivity index (χ4n) is 1.99. The van der Waals surface area contributed by atoms with Crippen LogP contribution in [0.2, 0.25) is 0 Å². The summed E-state index contributed by atoms with van der Waals surface area (Å²) in [6, 6.07) is 7.49. The molecule has 2 aromatic rings. The van der Waals surface area contributed by atoms with Gasteiger partial charge in [-0.2, -0.15) is 0 Å². The molecule has 1 aromatic carbocycles. The van der Waals surface area contributed by atoms with Crippen LogP contribution in [0.25, 0.3) is 10.6 Å². The van der Waals surface area contributed by atoms with Gasteiger partial charge in [0.05, 0.1) is 4.90 Å². The minimum Gasteiger partial charge on any atom is -0.314 e. The fraction of sp³-hybridized carbons (Fsp3) is 0.429. The molecule has 0 radical (unpaired) electrons. The van der Waals surface area contributed by atoms with E-state index in [0.29, 0.717) is 10.9 Å². The summed E-state index contributed by atoms with van der Waals surface area (Å²) in [6.45, 7) is 0.937. The Labute approximate surface area is 128 Å². The molecule has 5 nitrogen and oxygen atoms in total. The van der Waals surface area contributed by atoms with E-state index in [1.165, 1.54) is 19.1 Å². The summed E-state index contributed by atoms with van der Waals surface area (Å²) >= 11 is 1.56. The van der Waals surface area contributed by atoms with Crippen molar-refractivity contribution in [2.24, 2.45) is 0 Å². The van der Waals surface area contributed by atoms with Crippen LogP contribution in [0.5, 0.6) is 0 Å². The first-order chi connectivity index (χ1) is 10.0. The third-order valence-electron chi connectivity index (χ3n) is 3.35. The van der Waals surface area contributed by atoms with Gasteiger partial charge in [0.25, 0.3) is 0 Å². The predicted molar refractivity (Wildman–Crippen MR) is 83.2 cm³/mol. The van der Waals surface area contributed by atoms with E-state index in [2.05, 4.69) is 15.5 Å². The number of rotatable bonds is 6. The molecule has 1 N–H and O–H groups in total. The molecule has 1 aromatic heterocycles. The summed E-state index contributed by atoms with van der Waals surface area (Å²) in [5.41, 5.74) is 0.904. The van der Waals surface area contributed by atoms with Crippen molar-refractivity contribution in [3.05, 3.63) is 29.3 Å². The lowest BCUT2D eigenvalue weighted by Gasteiger charge is -1.99. The third kappa shape index (κ3) is 3.87. The average Bonchev–Trinajstić information content (AvgIpc) is 3.14. The van der Waals surface area contributed by atoms with E-state index < -0.39 is 9.84 Å². The van der Waals surface area contributed by atoms with Gasteiger partial charge < -0.3 is 5.32 Å². The number of hydrogen-bond donors (Lipinski definition) is 1. The Morgan fingerprint density at radius 3 is 2.57 bits per heavy atom. The van der Waals surface area contributed by atoms with E-state index in [0.717, 1.165) is 28.5 Å². The molecule has 1 aliphatic carbocycles. The maximum atomic E-state index is 11.4. The Hall–Kier alpha value is -1.31. The molecule has 0 saturated heterocycles. The second-order valence-electron chi connectivity index (χ2n) is 5.28. The van der Waals surface area contributed by atoms with Crippen LogP contribution < -0.4 is 5.32 Å². The van der Waals surface area contributed by atoms with Gasteiger partial charge in [-0.3, -0.25) is 0 Å². The van der Waals surface area contributed by atoms with E-state index in [4.69, 9.17) is 0 Å². The van der Waals surface area contributed by atoms with Crippen molar-refractivity contribution >= 4 is 21.2 Å². The van der Waals surface area contributed by atoms with Crippen molar-refractivity contribution in [2.75, 3.05) is 12.8 Å². The topological polar surface area (TPSA) is 72.0 Å². The molecule has 3 rings (SSSR count). The van der Waals surface area contributed by atoms with Crippen LogP contribution in [-0.2, 0) is 16.3 Å². The van der Waals surface area contributed by atoms with E-state index in [9.17, 15) is 8.42 Å². The number of nitrogens with one attached hydrogen (secondary N) is 1. The third-order valence-corrected chi connectivity index (χ3v) is 5.51. The van der Waals surface area contributed by atoms with Crippen LogP contribution in [0.1, 0.15) is 17.8 Å². The van der Waals surface area contributed by atoms with Gasteiger partial charge in [-0.15, -0.1) is 10.2 Å². The Kier molecular flexibility index (Phi) is 4.05. The molecule has 112 valence electrons. The van der Waals surface area contributed by atoms with Crippen LogP contribution in [0.15, 0.2) is 29.2 Å². The van der Waals surface area contributed by atoms with Crippen LogP contribution in [0, 0.1) is 0 Å². The summed E-state index contributed by atoms with van der Waals surface area (Å²) in [4.78, 5) is 0.324. The molecule has 7 heteroatoms. The molecule has 0 aliphatic heterocycles. The second kappa shape index (κ2) is 5.82. The largest absolute Gasteiger partial charge is 0.314 e. The highest BCUT2D eigenvalue weighted by molar-refractivity contribution is 7.90. The van der Waals surface area contributed by atoms with Gasteiger partial charge >= 0.3 is 0 Å². The van der Waals surface area contributed by atoms with Crippen LogP contribution >= 0.6 is 11.3 Å².